The number of aryl methyl sites for hydroxylation is 1. The molecule has 1 unspecified atom stereocenters. The maximum absolute atomic E-state index is 13.5. The van der Waals surface area contributed by atoms with Crippen LogP contribution in [-0.4, -0.2) is 11.1 Å². The van der Waals surface area contributed by atoms with Crippen LogP contribution in [0.5, 0.6) is 0 Å². The Morgan fingerprint density at radius 1 is 1.26 bits per heavy atom. The monoisotopic (exact) mass is 326 g/mol. The predicted molar refractivity (Wildman–Crippen MR) is 79.3 cm³/mol. The van der Waals surface area contributed by atoms with Gasteiger partial charge < -0.3 is 0 Å². The third-order valence-corrected chi connectivity index (χ3v) is 4.77. The number of unbranched alkanes of at least 4 members (excludes halogenated alkanes) is 2. The first-order valence-corrected chi connectivity index (χ1v) is 8.08. The average Bonchev–Trinajstić information content (AvgIpc) is 2.40. The number of alkyl halides is 1. The molecule has 0 radical (unpaired) electrons. The molecular weight excluding hydrogens is 307 g/mol. The van der Waals surface area contributed by atoms with Gasteiger partial charge in [-0.05, 0) is 49.4 Å². The zero-order valence-corrected chi connectivity index (χ0v) is 12.9. The standard InChI is InChI=1S/C16H20BrFO/c1-16(9-3-2-4-10-17)14-11-13(18)7-5-12(14)6-8-15(16)19/h5,7,11H,2-4,6,8-10H2,1H3. The van der Waals surface area contributed by atoms with Crippen LogP contribution in [0, 0.1) is 5.82 Å². The molecule has 1 aliphatic rings. The highest BCUT2D eigenvalue weighted by atomic mass is 79.9. The molecule has 0 aliphatic heterocycles. The molecule has 19 heavy (non-hydrogen) atoms. The van der Waals surface area contributed by atoms with E-state index >= 15 is 0 Å². The Hall–Kier alpha value is -0.700. The van der Waals surface area contributed by atoms with Gasteiger partial charge in [0, 0.05) is 11.8 Å². The molecular formula is C16H20BrFO. The first-order valence-electron chi connectivity index (χ1n) is 6.96. The number of hydrogen-bond acceptors (Lipinski definition) is 1. The van der Waals surface area contributed by atoms with Crippen LogP contribution in [0.2, 0.25) is 0 Å². The zero-order valence-electron chi connectivity index (χ0n) is 11.3. The number of fused-ring (bicyclic) bond motifs is 1. The minimum absolute atomic E-state index is 0.236. The molecule has 3 heteroatoms. The first kappa shape index (κ1) is 14.7. The van der Waals surface area contributed by atoms with Crippen molar-refractivity contribution >= 4 is 21.7 Å². The van der Waals surface area contributed by atoms with Gasteiger partial charge >= 0.3 is 0 Å². The highest BCUT2D eigenvalue weighted by Crippen LogP contribution is 2.39. The Kier molecular flexibility index (Phi) is 4.77. The van der Waals surface area contributed by atoms with Crippen LogP contribution in [0.15, 0.2) is 18.2 Å². The van der Waals surface area contributed by atoms with Crippen LogP contribution >= 0.6 is 15.9 Å². The lowest BCUT2D eigenvalue weighted by atomic mass is 9.67. The van der Waals surface area contributed by atoms with Crippen LogP contribution < -0.4 is 0 Å². The van der Waals surface area contributed by atoms with Crippen molar-refractivity contribution in [2.45, 2.75) is 50.9 Å². The quantitative estimate of drug-likeness (QED) is 0.573. The predicted octanol–water partition coefficient (Wildman–Crippen LogP) is 4.55. The lowest BCUT2D eigenvalue weighted by molar-refractivity contribution is -0.125. The summed E-state index contributed by atoms with van der Waals surface area (Å²) in [6.07, 6.45) is 5.43. The number of carbonyl (C=O) groups is 1. The van der Waals surface area contributed by atoms with E-state index in [9.17, 15) is 9.18 Å². The van der Waals surface area contributed by atoms with E-state index in [4.69, 9.17) is 0 Å². The summed E-state index contributed by atoms with van der Waals surface area (Å²) in [5.74, 6) is 0.0320. The second-order valence-electron chi connectivity index (χ2n) is 5.56. The van der Waals surface area contributed by atoms with Crippen molar-refractivity contribution in [3.8, 4) is 0 Å². The van der Waals surface area contributed by atoms with Gasteiger partial charge in [0.1, 0.15) is 11.6 Å². The molecule has 0 spiro atoms. The van der Waals surface area contributed by atoms with Crippen LogP contribution in [0.3, 0.4) is 0 Å². The van der Waals surface area contributed by atoms with Crippen molar-refractivity contribution in [2.75, 3.05) is 5.33 Å². The van der Waals surface area contributed by atoms with Crippen molar-refractivity contribution in [3.63, 3.8) is 0 Å². The first-order chi connectivity index (χ1) is 9.08. The van der Waals surface area contributed by atoms with E-state index in [1.807, 2.05) is 13.0 Å². The summed E-state index contributed by atoms with van der Waals surface area (Å²) < 4.78 is 13.5. The van der Waals surface area contributed by atoms with Crippen molar-refractivity contribution in [1.29, 1.82) is 0 Å². The second kappa shape index (κ2) is 6.17. The van der Waals surface area contributed by atoms with Crippen molar-refractivity contribution < 1.29 is 9.18 Å². The Morgan fingerprint density at radius 2 is 2.05 bits per heavy atom. The summed E-state index contributed by atoms with van der Waals surface area (Å²) >= 11 is 3.42. The Balaban J connectivity index is 2.23. The normalized spacial score (nSPS) is 22.4. The van der Waals surface area contributed by atoms with Gasteiger partial charge in [0.15, 0.2) is 0 Å². The molecule has 0 heterocycles. The largest absolute Gasteiger partial charge is 0.299 e. The van der Waals surface area contributed by atoms with E-state index in [0.717, 1.165) is 48.6 Å². The van der Waals surface area contributed by atoms with E-state index in [1.54, 1.807) is 6.07 Å². The Bertz CT molecular complexity index is 472. The number of benzene rings is 1. The van der Waals surface area contributed by atoms with Gasteiger partial charge in [-0.3, -0.25) is 4.79 Å². The molecule has 1 aromatic carbocycles. The van der Waals surface area contributed by atoms with Gasteiger partial charge in [-0.25, -0.2) is 4.39 Å². The summed E-state index contributed by atoms with van der Waals surface area (Å²) in [5.41, 5.74) is 1.58. The maximum Gasteiger partial charge on any atom is 0.143 e. The fourth-order valence-electron chi connectivity index (χ4n) is 2.98. The molecule has 0 aromatic heterocycles. The third kappa shape index (κ3) is 3.07. The zero-order chi connectivity index (χ0) is 13.9. The summed E-state index contributed by atoms with van der Waals surface area (Å²) in [4.78, 5) is 12.3. The molecule has 0 bridgehead atoms. The molecule has 1 aromatic rings. The van der Waals surface area contributed by atoms with Crippen LogP contribution in [-0.2, 0) is 16.6 Å². The molecule has 1 atom stereocenters. The fraction of sp³-hybridized carbons (Fsp3) is 0.562. The SMILES string of the molecule is CC1(CCCCCBr)C(=O)CCc2ccc(F)cc21. The highest BCUT2D eigenvalue weighted by molar-refractivity contribution is 9.09. The van der Waals surface area contributed by atoms with Crippen molar-refractivity contribution in [1.82, 2.24) is 0 Å². The topological polar surface area (TPSA) is 17.1 Å². The number of hydrogen-bond donors (Lipinski definition) is 0. The van der Waals surface area contributed by atoms with Gasteiger partial charge in [0.25, 0.3) is 0 Å². The lowest BCUT2D eigenvalue weighted by Gasteiger charge is -2.34. The molecule has 1 aliphatic carbocycles. The van der Waals surface area contributed by atoms with E-state index in [-0.39, 0.29) is 11.6 Å². The van der Waals surface area contributed by atoms with Gasteiger partial charge in [-0.2, -0.15) is 0 Å². The molecule has 0 saturated carbocycles. The highest BCUT2D eigenvalue weighted by Gasteiger charge is 2.38. The fourth-order valence-corrected chi connectivity index (χ4v) is 3.38. The van der Waals surface area contributed by atoms with Crippen LogP contribution in [0.25, 0.3) is 0 Å². The maximum atomic E-state index is 13.5. The van der Waals surface area contributed by atoms with Gasteiger partial charge in [0.05, 0.1) is 5.41 Å². The van der Waals surface area contributed by atoms with Gasteiger partial charge in [0.2, 0.25) is 0 Å². The van der Waals surface area contributed by atoms with Crippen molar-refractivity contribution in [3.05, 3.63) is 35.1 Å². The molecule has 104 valence electrons. The number of Topliss-reactive ketones (excluding diaryl/α,β-unsaturated/α-hetero) is 1. The molecule has 1 nitrogen and oxygen atoms in total. The van der Waals surface area contributed by atoms with Gasteiger partial charge in [-0.1, -0.05) is 34.8 Å². The number of ketones is 1. The number of halogens is 2. The summed E-state index contributed by atoms with van der Waals surface area (Å²) in [7, 11) is 0. The minimum atomic E-state index is -0.484. The van der Waals surface area contributed by atoms with Crippen LogP contribution in [0.4, 0.5) is 4.39 Å². The average molecular weight is 327 g/mol. The molecule has 0 N–H and O–H groups in total. The smallest absolute Gasteiger partial charge is 0.143 e. The van der Waals surface area contributed by atoms with E-state index < -0.39 is 5.41 Å². The Labute approximate surface area is 122 Å². The minimum Gasteiger partial charge on any atom is -0.299 e. The van der Waals surface area contributed by atoms with E-state index in [1.165, 1.54) is 6.07 Å². The van der Waals surface area contributed by atoms with E-state index in [2.05, 4.69) is 15.9 Å². The molecule has 0 fully saturated rings. The van der Waals surface area contributed by atoms with E-state index in [0.29, 0.717) is 6.42 Å². The number of carbonyl (C=O) groups excluding carboxylic acids is 1. The second-order valence-corrected chi connectivity index (χ2v) is 6.35. The summed E-state index contributed by atoms with van der Waals surface area (Å²) in [5, 5.41) is 1.00. The number of rotatable bonds is 5. The molecule has 0 saturated heterocycles. The Morgan fingerprint density at radius 3 is 2.79 bits per heavy atom. The molecule has 2 rings (SSSR count). The van der Waals surface area contributed by atoms with Gasteiger partial charge in [-0.15, -0.1) is 0 Å². The lowest BCUT2D eigenvalue weighted by Crippen LogP contribution is -2.37. The van der Waals surface area contributed by atoms with Crippen molar-refractivity contribution in [2.24, 2.45) is 0 Å². The third-order valence-electron chi connectivity index (χ3n) is 4.21. The van der Waals surface area contributed by atoms with Crippen LogP contribution in [0.1, 0.15) is 50.2 Å². The molecule has 0 amide bonds. The summed E-state index contributed by atoms with van der Waals surface area (Å²) in [6.45, 7) is 1.99. The summed E-state index contributed by atoms with van der Waals surface area (Å²) in [6, 6.07) is 4.91.